The zero-order valence-corrected chi connectivity index (χ0v) is 14.4. The Labute approximate surface area is 135 Å². The Morgan fingerprint density at radius 3 is 2.86 bits per heavy atom. The van der Waals surface area contributed by atoms with Crippen molar-refractivity contribution in [2.75, 3.05) is 33.2 Å². The van der Waals surface area contributed by atoms with Crippen LogP contribution in [-0.2, 0) is 4.79 Å². The lowest BCUT2D eigenvalue weighted by atomic mass is 9.85. The van der Waals surface area contributed by atoms with Crippen LogP contribution >= 0.6 is 0 Å². The van der Waals surface area contributed by atoms with Gasteiger partial charge in [0, 0.05) is 25.7 Å². The van der Waals surface area contributed by atoms with E-state index in [0.29, 0.717) is 17.9 Å². The van der Waals surface area contributed by atoms with Crippen molar-refractivity contribution in [1.82, 2.24) is 15.1 Å². The van der Waals surface area contributed by atoms with Crippen molar-refractivity contribution in [1.29, 1.82) is 0 Å². The van der Waals surface area contributed by atoms with E-state index in [1.807, 2.05) is 0 Å². The highest BCUT2D eigenvalue weighted by molar-refractivity contribution is 5.82. The predicted octanol–water partition coefficient (Wildman–Crippen LogP) is 2.10. The minimum atomic E-state index is 0.111. The number of likely N-dealkylation sites (tertiary alicyclic amines) is 1. The molecule has 0 aromatic heterocycles. The van der Waals surface area contributed by atoms with Gasteiger partial charge in [0.05, 0.1) is 6.04 Å². The van der Waals surface area contributed by atoms with Crippen molar-refractivity contribution in [3.05, 3.63) is 0 Å². The first-order valence-electron chi connectivity index (χ1n) is 9.40. The minimum Gasteiger partial charge on any atom is -0.341 e. The number of nitrogens with one attached hydrogen (secondary N) is 1. The summed E-state index contributed by atoms with van der Waals surface area (Å²) < 4.78 is 0. The average molecular weight is 307 g/mol. The Morgan fingerprint density at radius 1 is 1.27 bits per heavy atom. The molecule has 3 fully saturated rings. The third kappa shape index (κ3) is 3.65. The van der Waals surface area contributed by atoms with Crippen molar-refractivity contribution >= 4 is 5.91 Å². The zero-order valence-electron chi connectivity index (χ0n) is 14.4. The lowest BCUT2D eigenvalue weighted by molar-refractivity contribution is -0.132. The number of amides is 1. The predicted molar refractivity (Wildman–Crippen MR) is 89.8 cm³/mol. The van der Waals surface area contributed by atoms with Gasteiger partial charge in [0.15, 0.2) is 0 Å². The second-order valence-electron chi connectivity index (χ2n) is 7.81. The molecule has 4 nitrogen and oxygen atoms in total. The van der Waals surface area contributed by atoms with E-state index in [1.165, 1.54) is 38.5 Å². The van der Waals surface area contributed by atoms with Gasteiger partial charge in [-0.2, -0.15) is 0 Å². The van der Waals surface area contributed by atoms with Crippen LogP contribution in [0.15, 0.2) is 0 Å². The highest BCUT2D eigenvalue weighted by Crippen LogP contribution is 2.34. The smallest absolute Gasteiger partial charge is 0.239 e. The van der Waals surface area contributed by atoms with Crippen LogP contribution in [0.4, 0.5) is 0 Å². The fraction of sp³-hybridized carbons (Fsp3) is 0.944. The van der Waals surface area contributed by atoms with Gasteiger partial charge in [0.25, 0.3) is 0 Å². The van der Waals surface area contributed by atoms with Gasteiger partial charge in [-0.15, -0.1) is 0 Å². The molecule has 1 N–H and O–H groups in total. The molecule has 4 heteroatoms. The number of hydrogen-bond donors (Lipinski definition) is 1. The van der Waals surface area contributed by atoms with Gasteiger partial charge < -0.3 is 15.1 Å². The molecule has 1 saturated carbocycles. The molecule has 2 heterocycles. The normalized spacial score (nSPS) is 35.1. The molecule has 2 aliphatic heterocycles. The van der Waals surface area contributed by atoms with Crippen molar-refractivity contribution in [2.24, 2.45) is 11.8 Å². The van der Waals surface area contributed by atoms with Gasteiger partial charge in [-0.3, -0.25) is 4.79 Å². The minimum absolute atomic E-state index is 0.111. The zero-order chi connectivity index (χ0) is 15.5. The van der Waals surface area contributed by atoms with Crippen molar-refractivity contribution in [3.8, 4) is 0 Å². The SMILES string of the molecule is CCCN(C)CC1CCN(C(=O)C2CC3CCCCC3N2)C1. The van der Waals surface area contributed by atoms with Crippen LogP contribution in [0.1, 0.15) is 51.9 Å². The van der Waals surface area contributed by atoms with Gasteiger partial charge in [-0.25, -0.2) is 0 Å². The first-order chi connectivity index (χ1) is 10.7. The summed E-state index contributed by atoms with van der Waals surface area (Å²) in [6.07, 6.45) is 8.77. The Morgan fingerprint density at radius 2 is 2.09 bits per heavy atom. The number of nitrogens with zero attached hydrogens (tertiary/aromatic N) is 2. The molecule has 4 atom stereocenters. The Kier molecular flexibility index (Phi) is 5.40. The molecular formula is C18H33N3O. The van der Waals surface area contributed by atoms with Crippen LogP contribution in [0, 0.1) is 11.8 Å². The monoisotopic (exact) mass is 307 g/mol. The summed E-state index contributed by atoms with van der Waals surface area (Å²) >= 11 is 0. The molecule has 4 unspecified atom stereocenters. The fourth-order valence-electron chi connectivity index (χ4n) is 4.83. The van der Waals surface area contributed by atoms with Gasteiger partial charge in [0.1, 0.15) is 0 Å². The first kappa shape index (κ1) is 16.3. The summed E-state index contributed by atoms with van der Waals surface area (Å²) in [6, 6.07) is 0.733. The van der Waals surface area contributed by atoms with Crippen LogP contribution in [-0.4, -0.2) is 61.0 Å². The van der Waals surface area contributed by atoms with E-state index >= 15 is 0 Å². The number of fused-ring (bicyclic) bond motifs is 1. The van der Waals surface area contributed by atoms with Crippen molar-refractivity contribution in [3.63, 3.8) is 0 Å². The second kappa shape index (κ2) is 7.31. The summed E-state index contributed by atoms with van der Waals surface area (Å²) in [7, 11) is 2.21. The van der Waals surface area contributed by atoms with E-state index in [2.05, 4.69) is 29.1 Å². The topological polar surface area (TPSA) is 35.6 Å². The maximum atomic E-state index is 12.8. The van der Waals surface area contributed by atoms with Crippen molar-refractivity contribution < 1.29 is 4.79 Å². The molecule has 1 aliphatic carbocycles. The quantitative estimate of drug-likeness (QED) is 0.845. The number of carbonyl (C=O) groups is 1. The van der Waals surface area contributed by atoms with Gasteiger partial charge in [-0.1, -0.05) is 19.8 Å². The summed E-state index contributed by atoms with van der Waals surface area (Å²) in [5.74, 6) is 1.82. The van der Waals surface area contributed by atoms with Crippen molar-refractivity contribution in [2.45, 2.75) is 64.0 Å². The van der Waals surface area contributed by atoms with Gasteiger partial charge in [-0.05, 0) is 57.5 Å². The van der Waals surface area contributed by atoms with Crippen LogP contribution in [0.2, 0.25) is 0 Å². The first-order valence-corrected chi connectivity index (χ1v) is 9.40. The lowest BCUT2D eigenvalue weighted by Crippen LogP contribution is -2.45. The number of rotatable bonds is 5. The van der Waals surface area contributed by atoms with E-state index in [4.69, 9.17) is 0 Å². The molecule has 22 heavy (non-hydrogen) atoms. The third-order valence-electron chi connectivity index (χ3n) is 5.93. The number of hydrogen-bond acceptors (Lipinski definition) is 3. The summed E-state index contributed by atoms with van der Waals surface area (Å²) in [4.78, 5) is 17.4. The molecule has 2 saturated heterocycles. The molecule has 1 amide bonds. The Hall–Kier alpha value is -0.610. The highest BCUT2D eigenvalue weighted by Gasteiger charge is 2.40. The molecule has 0 aromatic rings. The van der Waals surface area contributed by atoms with Crippen LogP contribution in [0.25, 0.3) is 0 Å². The molecule has 0 spiro atoms. The molecule has 0 bridgehead atoms. The molecule has 126 valence electrons. The Balaban J connectivity index is 1.47. The molecule has 0 radical (unpaired) electrons. The van der Waals surface area contributed by atoms with E-state index in [1.54, 1.807) is 0 Å². The average Bonchev–Trinajstić information content (AvgIpc) is 3.13. The van der Waals surface area contributed by atoms with E-state index in [9.17, 15) is 4.79 Å². The van der Waals surface area contributed by atoms with Crippen LogP contribution in [0.3, 0.4) is 0 Å². The van der Waals surface area contributed by atoms with E-state index in [0.717, 1.165) is 38.5 Å². The maximum Gasteiger partial charge on any atom is 0.239 e. The standard InChI is InChI=1S/C18H33N3O/c1-3-9-20(2)12-14-8-10-21(13-14)18(22)17-11-15-6-4-5-7-16(15)19-17/h14-17,19H,3-13H2,1-2H3. The summed E-state index contributed by atoms with van der Waals surface area (Å²) in [5, 5.41) is 3.64. The van der Waals surface area contributed by atoms with E-state index < -0.39 is 0 Å². The fourth-order valence-corrected chi connectivity index (χ4v) is 4.83. The van der Waals surface area contributed by atoms with Crippen LogP contribution in [0.5, 0.6) is 0 Å². The van der Waals surface area contributed by atoms with E-state index in [-0.39, 0.29) is 6.04 Å². The molecule has 0 aromatic carbocycles. The molecule has 3 rings (SSSR count). The highest BCUT2D eigenvalue weighted by atomic mass is 16.2. The maximum absolute atomic E-state index is 12.8. The summed E-state index contributed by atoms with van der Waals surface area (Å²) in [5.41, 5.74) is 0. The third-order valence-corrected chi connectivity index (χ3v) is 5.93. The molecule has 3 aliphatic rings. The largest absolute Gasteiger partial charge is 0.341 e. The van der Waals surface area contributed by atoms with Gasteiger partial charge >= 0.3 is 0 Å². The molecular weight excluding hydrogens is 274 g/mol. The number of carbonyl (C=O) groups excluding carboxylic acids is 1. The van der Waals surface area contributed by atoms with Crippen LogP contribution < -0.4 is 5.32 Å². The summed E-state index contributed by atoms with van der Waals surface area (Å²) in [6.45, 7) is 6.47. The Bertz CT molecular complexity index is 373. The lowest BCUT2D eigenvalue weighted by Gasteiger charge is -2.24. The van der Waals surface area contributed by atoms with Gasteiger partial charge in [0.2, 0.25) is 5.91 Å². The second-order valence-corrected chi connectivity index (χ2v) is 7.81.